The van der Waals surface area contributed by atoms with Crippen molar-refractivity contribution in [2.75, 3.05) is 0 Å². The first-order valence-corrected chi connectivity index (χ1v) is 16.7. The fraction of sp³-hybridized carbons (Fsp3) is 0.256. The first-order valence-electron chi connectivity index (χ1n) is 16.7. The Morgan fingerprint density at radius 3 is 1.35 bits per heavy atom. The Morgan fingerprint density at radius 2 is 0.913 bits per heavy atom. The van der Waals surface area contributed by atoms with E-state index in [0.29, 0.717) is 5.92 Å². The molecule has 0 bridgehead atoms. The topological polar surface area (TPSA) is 18.5 Å². The summed E-state index contributed by atoms with van der Waals surface area (Å²) in [6, 6.07) is 52.4. The maximum Gasteiger partial charge on any atom is 0.458 e. The lowest BCUT2D eigenvalue weighted by Crippen LogP contribution is -2.41. The van der Waals surface area contributed by atoms with Crippen LogP contribution >= 0.6 is 0 Å². The van der Waals surface area contributed by atoms with Crippen LogP contribution in [0.25, 0.3) is 11.1 Å². The second-order valence-electron chi connectivity index (χ2n) is 13.5. The summed E-state index contributed by atoms with van der Waals surface area (Å²) in [5, 5.41) is 0. The Bertz CT molecular complexity index is 1650. The first kappa shape index (κ1) is 31.8. The van der Waals surface area contributed by atoms with Crippen LogP contribution in [-0.2, 0) is 15.7 Å². The molecule has 232 valence electrons. The van der Waals surface area contributed by atoms with Crippen molar-refractivity contribution in [1.29, 1.82) is 0 Å². The molecule has 1 fully saturated rings. The molecular formula is C43H45BO2. The fourth-order valence-corrected chi connectivity index (χ4v) is 6.56. The van der Waals surface area contributed by atoms with E-state index in [2.05, 4.69) is 173 Å². The molecule has 0 radical (unpaired) electrons. The highest BCUT2D eigenvalue weighted by Gasteiger charge is 2.51. The van der Waals surface area contributed by atoms with Gasteiger partial charge in [-0.3, -0.25) is 0 Å². The molecule has 0 amide bonds. The lowest BCUT2D eigenvalue weighted by molar-refractivity contribution is 0.00578. The molecule has 1 heterocycles. The van der Waals surface area contributed by atoms with E-state index in [-0.39, 0.29) is 18.3 Å². The van der Waals surface area contributed by atoms with E-state index in [1.165, 1.54) is 44.5 Å². The summed E-state index contributed by atoms with van der Waals surface area (Å²) >= 11 is 0. The molecule has 1 unspecified atom stereocenters. The van der Waals surface area contributed by atoms with Gasteiger partial charge in [0.1, 0.15) is 0 Å². The third kappa shape index (κ3) is 7.28. The molecule has 46 heavy (non-hydrogen) atoms. The first-order chi connectivity index (χ1) is 22.3. The molecule has 1 saturated heterocycles. The minimum atomic E-state index is -0.311. The molecule has 0 aliphatic carbocycles. The monoisotopic (exact) mass is 604 g/mol. The van der Waals surface area contributed by atoms with Crippen LogP contribution in [0.5, 0.6) is 0 Å². The molecule has 5 aromatic carbocycles. The molecule has 1 aliphatic rings. The summed E-state index contributed by atoms with van der Waals surface area (Å²) in [4.78, 5) is 0. The van der Waals surface area contributed by atoms with E-state index >= 15 is 0 Å². The zero-order chi connectivity index (χ0) is 32.0. The maximum absolute atomic E-state index is 6.41. The van der Waals surface area contributed by atoms with Crippen molar-refractivity contribution in [1.82, 2.24) is 0 Å². The lowest BCUT2D eigenvalue weighted by Gasteiger charge is -2.32. The third-order valence-corrected chi connectivity index (χ3v) is 9.75. The van der Waals surface area contributed by atoms with Crippen LogP contribution in [0, 0.1) is 0 Å². The predicted octanol–water partition coefficient (Wildman–Crippen LogP) is 10.9. The van der Waals surface area contributed by atoms with Crippen LogP contribution in [0.3, 0.4) is 0 Å². The quantitative estimate of drug-likeness (QED) is 0.110. The second-order valence-corrected chi connectivity index (χ2v) is 13.5. The zero-order valence-corrected chi connectivity index (χ0v) is 27.7. The minimum Gasteiger partial charge on any atom is -0.403 e. The summed E-state index contributed by atoms with van der Waals surface area (Å²) < 4.78 is 12.8. The Balaban J connectivity index is 1.24. The number of hydrogen-bond donors (Lipinski definition) is 0. The Morgan fingerprint density at radius 1 is 0.522 bits per heavy atom. The van der Waals surface area contributed by atoms with Gasteiger partial charge in [-0.05, 0) is 104 Å². The summed E-state index contributed by atoms with van der Waals surface area (Å²) in [5.41, 5.74) is 9.45. The van der Waals surface area contributed by atoms with Crippen LogP contribution in [-0.4, -0.2) is 18.3 Å². The van der Waals surface area contributed by atoms with Gasteiger partial charge in [0, 0.05) is 0 Å². The highest BCUT2D eigenvalue weighted by atomic mass is 16.7. The largest absolute Gasteiger partial charge is 0.458 e. The van der Waals surface area contributed by atoms with Gasteiger partial charge in [0.2, 0.25) is 0 Å². The van der Waals surface area contributed by atoms with Crippen molar-refractivity contribution in [3.8, 4) is 0 Å². The van der Waals surface area contributed by atoms with E-state index in [1.807, 2.05) is 0 Å². The van der Waals surface area contributed by atoms with Gasteiger partial charge in [0.15, 0.2) is 0 Å². The number of benzene rings is 5. The predicted molar refractivity (Wildman–Crippen MR) is 194 cm³/mol. The number of aryl methyl sites for hydroxylation is 1. The Kier molecular flexibility index (Phi) is 9.73. The maximum atomic E-state index is 6.41. The summed E-state index contributed by atoms with van der Waals surface area (Å²) in [7, 11) is -0.193. The van der Waals surface area contributed by atoms with Gasteiger partial charge >= 0.3 is 7.12 Å². The van der Waals surface area contributed by atoms with E-state index in [1.54, 1.807) is 0 Å². The number of rotatable bonds is 11. The van der Waals surface area contributed by atoms with Crippen molar-refractivity contribution in [2.45, 2.75) is 70.4 Å². The van der Waals surface area contributed by atoms with Crippen molar-refractivity contribution in [3.63, 3.8) is 0 Å². The van der Waals surface area contributed by atoms with Crippen LogP contribution in [0.15, 0.2) is 146 Å². The van der Waals surface area contributed by atoms with Crippen LogP contribution < -0.4 is 0 Å². The average Bonchev–Trinajstić information content (AvgIpc) is 3.29. The van der Waals surface area contributed by atoms with Crippen molar-refractivity contribution < 1.29 is 9.31 Å². The fourth-order valence-electron chi connectivity index (χ4n) is 6.56. The second kappa shape index (κ2) is 14.1. The van der Waals surface area contributed by atoms with E-state index in [0.717, 1.165) is 25.6 Å². The molecule has 3 heteroatoms. The van der Waals surface area contributed by atoms with Crippen LogP contribution in [0.2, 0.25) is 6.32 Å². The third-order valence-electron chi connectivity index (χ3n) is 9.75. The number of hydrogen-bond acceptors (Lipinski definition) is 2. The normalized spacial score (nSPS) is 15.8. The molecule has 6 rings (SSSR count). The van der Waals surface area contributed by atoms with Gasteiger partial charge in [-0.1, -0.05) is 146 Å². The molecule has 0 saturated carbocycles. The molecule has 1 aliphatic heterocycles. The molecule has 0 N–H and O–H groups in total. The Labute approximate surface area is 276 Å². The van der Waals surface area contributed by atoms with Crippen LogP contribution in [0.1, 0.15) is 79.8 Å². The smallest absolute Gasteiger partial charge is 0.403 e. The van der Waals surface area contributed by atoms with E-state index < -0.39 is 0 Å². The van der Waals surface area contributed by atoms with Crippen molar-refractivity contribution in [2.24, 2.45) is 0 Å². The average molecular weight is 605 g/mol. The van der Waals surface area contributed by atoms with Crippen molar-refractivity contribution in [3.05, 3.63) is 179 Å². The summed E-state index contributed by atoms with van der Waals surface area (Å²) in [5.74, 6) is 0.377. The minimum absolute atomic E-state index is 0.193. The highest BCUT2D eigenvalue weighted by Crippen LogP contribution is 2.41. The molecule has 1 atom stereocenters. The molecule has 0 spiro atoms. The molecule has 5 aromatic rings. The van der Waals surface area contributed by atoms with Gasteiger partial charge in [-0.25, -0.2) is 0 Å². The SMILES string of the molecule is CC1(C)OB(CC(CCCc2ccc(C(=C(c3ccccc3)c3ccccc3)c3ccccc3)cc2)c2ccccc2)OC1(C)C. The molecule has 0 aromatic heterocycles. The van der Waals surface area contributed by atoms with E-state index in [9.17, 15) is 0 Å². The summed E-state index contributed by atoms with van der Waals surface area (Å²) in [6.45, 7) is 8.54. The van der Waals surface area contributed by atoms with Gasteiger partial charge in [0.25, 0.3) is 0 Å². The summed E-state index contributed by atoms with van der Waals surface area (Å²) in [6.07, 6.45) is 4.07. The standard InChI is InChI=1S/C43H45BO2/c1-42(2)43(3,4)46-44(45-42)32-39(34-19-9-5-10-20-34)27-17-18-33-28-30-38(31-29-33)41(37-25-15-8-16-26-37)40(35-21-11-6-12-22-35)36-23-13-7-14-24-36/h5-16,19-26,28-31,39H,17-18,27,32H2,1-4H3. The van der Waals surface area contributed by atoms with Gasteiger partial charge in [0.05, 0.1) is 11.2 Å². The zero-order valence-electron chi connectivity index (χ0n) is 27.7. The van der Waals surface area contributed by atoms with E-state index in [4.69, 9.17) is 9.31 Å². The Hall–Kier alpha value is -4.18. The van der Waals surface area contributed by atoms with Crippen molar-refractivity contribution >= 4 is 18.3 Å². The van der Waals surface area contributed by atoms with Gasteiger partial charge in [-0.15, -0.1) is 0 Å². The van der Waals surface area contributed by atoms with Gasteiger partial charge < -0.3 is 9.31 Å². The molecule has 2 nitrogen and oxygen atoms in total. The van der Waals surface area contributed by atoms with Gasteiger partial charge in [-0.2, -0.15) is 0 Å². The lowest BCUT2D eigenvalue weighted by atomic mass is 9.73. The highest BCUT2D eigenvalue weighted by molar-refractivity contribution is 6.45. The van der Waals surface area contributed by atoms with Crippen LogP contribution in [0.4, 0.5) is 0 Å². The molecular weight excluding hydrogens is 559 g/mol.